The summed E-state index contributed by atoms with van der Waals surface area (Å²) < 4.78 is 22.4. The largest absolute Gasteiger partial charge is 0.313 e. The van der Waals surface area contributed by atoms with E-state index in [0.717, 1.165) is 18.8 Å². The molecule has 2 rings (SSSR count). The molecular formula is C11H22N2O2S. The van der Waals surface area contributed by atoms with Gasteiger partial charge in [0.25, 0.3) is 0 Å². The Labute approximate surface area is 98.0 Å². The molecule has 5 heteroatoms. The van der Waals surface area contributed by atoms with E-state index in [-0.39, 0.29) is 5.25 Å². The summed E-state index contributed by atoms with van der Waals surface area (Å²) in [6.07, 6.45) is 8.36. The zero-order valence-electron chi connectivity index (χ0n) is 9.69. The predicted molar refractivity (Wildman–Crippen MR) is 64.5 cm³/mol. The molecule has 2 unspecified atom stereocenters. The lowest BCUT2D eigenvalue weighted by Crippen LogP contribution is -2.47. The minimum Gasteiger partial charge on any atom is -0.313 e. The first kappa shape index (κ1) is 12.3. The third-order valence-corrected chi connectivity index (χ3v) is 5.36. The van der Waals surface area contributed by atoms with Crippen molar-refractivity contribution in [1.29, 1.82) is 0 Å². The Hall–Kier alpha value is -0.130. The molecule has 1 saturated carbocycles. The van der Waals surface area contributed by atoms with Crippen LogP contribution in [0.2, 0.25) is 0 Å². The maximum absolute atomic E-state index is 11.2. The first-order valence-corrected chi connectivity index (χ1v) is 7.91. The standard InChI is InChI=1S/C11H22N2O2S/c12-16(14,15)11-6-5-10(13-8-11)7-9-3-1-2-4-9/h9-11,13H,1-8H2,(H2,12,14,15). The fourth-order valence-corrected chi connectivity index (χ4v) is 3.81. The maximum Gasteiger partial charge on any atom is 0.213 e. The van der Waals surface area contributed by atoms with Crippen LogP contribution in [0.4, 0.5) is 0 Å². The molecule has 0 aromatic carbocycles. The highest BCUT2D eigenvalue weighted by Crippen LogP contribution is 2.30. The number of piperidine rings is 1. The van der Waals surface area contributed by atoms with Crippen molar-refractivity contribution in [2.45, 2.75) is 56.2 Å². The highest BCUT2D eigenvalue weighted by molar-refractivity contribution is 7.89. The van der Waals surface area contributed by atoms with Gasteiger partial charge in [-0.05, 0) is 25.2 Å². The van der Waals surface area contributed by atoms with E-state index in [2.05, 4.69) is 5.32 Å². The number of sulfonamides is 1. The number of hydrogen-bond donors (Lipinski definition) is 2. The normalized spacial score (nSPS) is 33.1. The van der Waals surface area contributed by atoms with E-state index in [1.165, 1.54) is 32.1 Å². The molecule has 0 amide bonds. The number of hydrogen-bond acceptors (Lipinski definition) is 3. The van der Waals surface area contributed by atoms with E-state index >= 15 is 0 Å². The molecule has 0 aromatic heterocycles. The molecule has 16 heavy (non-hydrogen) atoms. The zero-order chi connectivity index (χ0) is 11.6. The average molecular weight is 246 g/mol. The summed E-state index contributed by atoms with van der Waals surface area (Å²) in [5.41, 5.74) is 0. The molecule has 0 spiro atoms. The Bertz CT molecular complexity index is 315. The Morgan fingerprint density at radius 2 is 1.81 bits per heavy atom. The van der Waals surface area contributed by atoms with Gasteiger partial charge in [-0.2, -0.15) is 0 Å². The van der Waals surface area contributed by atoms with Crippen LogP contribution >= 0.6 is 0 Å². The molecule has 2 aliphatic rings. The monoisotopic (exact) mass is 246 g/mol. The minimum absolute atomic E-state index is 0.368. The van der Waals surface area contributed by atoms with Gasteiger partial charge in [0.05, 0.1) is 5.25 Å². The highest BCUT2D eigenvalue weighted by Gasteiger charge is 2.29. The average Bonchev–Trinajstić information content (AvgIpc) is 2.70. The van der Waals surface area contributed by atoms with E-state index in [9.17, 15) is 8.42 Å². The van der Waals surface area contributed by atoms with Gasteiger partial charge in [-0.3, -0.25) is 0 Å². The van der Waals surface area contributed by atoms with Crippen LogP contribution < -0.4 is 10.5 Å². The van der Waals surface area contributed by atoms with Crippen molar-refractivity contribution in [2.75, 3.05) is 6.54 Å². The van der Waals surface area contributed by atoms with Crippen LogP contribution in [0.1, 0.15) is 44.9 Å². The third kappa shape index (κ3) is 3.18. The van der Waals surface area contributed by atoms with Gasteiger partial charge in [-0.15, -0.1) is 0 Å². The number of primary sulfonamides is 1. The number of nitrogens with one attached hydrogen (secondary N) is 1. The third-order valence-electron chi connectivity index (χ3n) is 4.03. The summed E-state index contributed by atoms with van der Waals surface area (Å²) in [5.74, 6) is 0.864. The van der Waals surface area contributed by atoms with E-state index in [1.807, 2.05) is 0 Å². The summed E-state index contributed by atoms with van der Waals surface area (Å²) in [5, 5.41) is 8.13. The summed E-state index contributed by atoms with van der Waals surface area (Å²) in [4.78, 5) is 0. The zero-order valence-corrected chi connectivity index (χ0v) is 10.5. The lowest BCUT2D eigenvalue weighted by atomic mass is 9.93. The second-order valence-electron chi connectivity index (χ2n) is 5.28. The molecule has 2 atom stereocenters. The van der Waals surface area contributed by atoms with Crippen LogP contribution in [0.25, 0.3) is 0 Å². The molecular weight excluding hydrogens is 224 g/mol. The molecule has 1 heterocycles. The topological polar surface area (TPSA) is 72.2 Å². The van der Waals surface area contributed by atoms with Gasteiger partial charge in [0.1, 0.15) is 0 Å². The first-order valence-electron chi connectivity index (χ1n) is 6.30. The van der Waals surface area contributed by atoms with E-state index < -0.39 is 10.0 Å². The maximum atomic E-state index is 11.2. The summed E-state index contributed by atoms with van der Waals surface area (Å²) in [6, 6.07) is 0.515. The van der Waals surface area contributed by atoms with Crippen molar-refractivity contribution in [1.82, 2.24) is 5.32 Å². The summed E-state index contributed by atoms with van der Waals surface area (Å²) in [7, 11) is -3.34. The van der Waals surface area contributed by atoms with Crippen molar-refractivity contribution < 1.29 is 8.42 Å². The fourth-order valence-electron chi connectivity index (χ4n) is 3.02. The van der Waals surface area contributed by atoms with E-state index in [0.29, 0.717) is 12.6 Å². The Balaban J connectivity index is 1.76. The molecule has 1 aliphatic carbocycles. The Morgan fingerprint density at radius 3 is 2.31 bits per heavy atom. The number of nitrogens with two attached hydrogens (primary N) is 1. The van der Waals surface area contributed by atoms with Crippen LogP contribution in [0.5, 0.6) is 0 Å². The minimum atomic E-state index is -3.34. The molecule has 94 valence electrons. The van der Waals surface area contributed by atoms with Crippen LogP contribution in [0.15, 0.2) is 0 Å². The molecule has 0 aromatic rings. The molecule has 4 nitrogen and oxygen atoms in total. The molecule has 0 radical (unpaired) electrons. The predicted octanol–water partition coefficient (Wildman–Crippen LogP) is 0.976. The van der Waals surface area contributed by atoms with Crippen molar-refractivity contribution in [3.63, 3.8) is 0 Å². The van der Waals surface area contributed by atoms with Gasteiger partial charge in [-0.1, -0.05) is 25.7 Å². The van der Waals surface area contributed by atoms with Gasteiger partial charge in [0.2, 0.25) is 10.0 Å². The smallest absolute Gasteiger partial charge is 0.213 e. The molecule has 3 N–H and O–H groups in total. The molecule has 1 saturated heterocycles. The molecule has 2 fully saturated rings. The van der Waals surface area contributed by atoms with Gasteiger partial charge >= 0.3 is 0 Å². The van der Waals surface area contributed by atoms with Crippen molar-refractivity contribution >= 4 is 10.0 Å². The lowest BCUT2D eigenvalue weighted by molar-refractivity contribution is 0.329. The Morgan fingerprint density at radius 1 is 1.12 bits per heavy atom. The Kier molecular flexibility index (Phi) is 3.87. The van der Waals surface area contributed by atoms with Gasteiger partial charge in [-0.25, -0.2) is 13.6 Å². The quantitative estimate of drug-likeness (QED) is 0.779. The van der Waals surface area contributed by atoms with Crippen molar-refractivity contribution in [3.8, 4) is 0 Å². The van der Waals surface area contributed by atoms with Crippen LogP contribution in [-0.4, -0.2) is 26.3 Å². The SMILES string of the molecule is NS(=O)(=O)C1CCC(CC2CCCC2)NC1. The van der Waals surface area contributed by atoms with Gasteiger partial charge in [0, 0.05) is 12.6 Å². The highest BCUT2D eigenvalue weighted by atomic mass is 32.2. The van der Waals surface area contributed by atoms with Gasteiger partial charge < -0.3 is 5.32 Å². The van der Waals surface area contributed by atoms with Gasteiger partial charge in [0.15, 0.2) is 0 Å². The molecule has 1 aliphatic heterocycles. The first-order chi connectivity index (χ1) is 7.55. The summed E-state index contributed by atoms with van der Waals surface area (Å²) >= 11 is 0. The van der Waals surface area contributed by atoms with Crippen molar-refractivity contribution in [3.05, 3.63) is 0 Å². The van der Waals surface area contributed by atoms with Crippen LogP contribution in [0, 0.1) is 5.92 Å². The van der Waals surface area contributed by atoms with Crippen molar-refractivity contribution in [2.24, 2.45) is 11.1 Å². The van der Waals surface area contributed by atoms with E-state index in [1.54, 1.807) is 0 Å². The van der Waals surface area contributed by atoms with E-state index in [4.69, 9.17) is 5.14 Å². The number of rotatable bonds is 3. The molecule has 0 bridgehead atoms. The second-order valence-corrected chi connectivity index (χ2v) is 7.12. The summed E-state index contributed by atoms with van der Waals surface area (Å²) in [6.45, 7) is 0.538. The van der Waals surface area contributed by atoms with Crippen LogP contribution in [0.3, 0.4) is 0 Å². The van der Waals surface area contributed by atoms with Crippen LogP contribution in [-0.2, 0) is 10.0 Å². The lowest BCUT2D eigenvalue weighted by Gasteiger charge is -2.30. The second kappa shape index (κ2) is 5.02. The fraction of sp³-hybridized carbons (Fsp3) is 1.00.